The second kappa shape index (κ2) is 8.23. The van der Waals surface area contributed by atoms with E-state index in [1.807, 2.05) is 6.07 Å². The first kappa shape index (κ1) is 14.2. The summed E-state index contributed by atoms with van der Waals surface area (Å²) in [6.45, 7) is 5.69. The Morgan fingerprint density at radius 3 is 2.59 bits per heavy atom. The topological polar surface area (TPSA) is 38.5 Å². The van der Waals surface area contributed by atoms with Crippen LogP contribution < -0.4 is 5.73 Å². The first-order valence-corrected chi connectivity index (χ1v) is 6.25. The van der Waals surface area contributed by atoms with Gasteiger partial charge >= 0.3 is 0 Å². The lowest BCUT2D eigenvalue weighted by Gasteiger charge is -2.28. The van der Waals surface area contributed by atoms with Crippen molar-refractivity contribution >= 4 is 0 Å². The molecular formula is C14H24N2O. The third-order valence-corrected chi connectivity index (χ3v) is 2.91. The van der Waals surface area contributed by atoms with Crippen LogP contribution in [-0.4, -0.2) is 37.7 Å². The van der Waals surface area contributed by atoms with E-state index in [0.29, 0.717) is 6.04 Å². The molecule has 0 radical (unpaired) electrons. The zero-order valence-corrected chi connectivity index (χ0v) is 10.9. The maximum Gasteiger partial charge on any atom is 0.0615 e. The number of benzene rings is 1. The Bertz CT molecular complexity index is 290. The second-order valence-electron chi connectivity index (χ2n) is 4.40. The van der Waals surface area contributed by atoms with Crippen LogP contribution in [-0.2, 0) is 11.3 Å². The van der Waals surface area contributed by atoms with Crippen LogP contribution in [0.1, 0.15) is 18.9 Å². The maximum atomic E-state index is 5.59. The third kappa shape index (κ3) is 5.31. The first-order chi connectivity index (χ1) is 8.27. The van der Waals surface area contributed by atoms with Gasteiger partial charge < -0.3 is 10.5 Å². The van der Waals surface area contributed by atoms with Gasteiger partial charge in [0.1, 0.15) is 0 Å². The Kier molecular flexibility index (Phi) is 6.86. The van der Waals surface area contributed by atoms with Gasteiger partial charge in [-0.15, -0.1) is 0 Å². The summed E-state index contributed by atoms with van der Waals surface area (Å²) in [6, 6.07) is 11.0. The lowest BCUT2D eigenvalue weighted by Crippen LogP contribution is -2.37. The van der Waals surface area contributed by atoms with Crippen LogP contribution in [0.4, 0.5) is 0 Å². The molecule has 0 saturated heterocycles. The van der Waals surface area contributed by atoms with Crippen molar-refractivity contribution in [2.24, 2.45) is 5.73 Å². The van der Waals surface area contributed by atoms with Crippen molar-refractivity contribution in [1.82, 2.24) is 4.90 Å². The highest BCUT2D eigenvalue weighted by atomic mass is 16.5. The molecule has 0 fully saturated rings. The molecule has 1 atom stereocenters. The summed E-state index contributed by atoms with van der Waals surface area (Å²) in [4.78, 5) is 2.42. The molecule has 0 spiro atoms. The number of nitrogens with zero attached hydrogens (tertiary/aromatic N) is 1. The Balaban J connectivity index is 2.56. The van der Waals surface area contributed by atoms with Gasteiger partial charge in [-0.05, 0) is 25.5 Å². The summed E-state index contributed by atoms with van der Waals surface area (Å²) in [5, 5.41) is 0. The minimum Gasteiger partial charge on any atom is -0.383 e. The first-order valence-electron chi connectivity index (χ1n) is 6.25. The van der Waals surface area contributed by atoms with Gasteiger partial charge in [0.05, 0.1) is 6.61 Å². The molecule has 0 aliphatic rings. The number of methoxy groups -OCH3 is 1. The SMILES string of the molecule is COCC(C)N(CCCN)Cc1ccccc1. The van der Waals surface area contributed by atoms with E-state index in [1.54, 1.807) is 7.11 Å². The minimum absolute atomic E-state index is 0.423. The summed E-state index contributed by atoms with van der Waals surface area (Å²) in [5.74, 6) is 0. The predicted molar refractivity (Wildman–Crippen MR) is 71.9 cm³/mol. The minimum atomic E-state index is 0.423. The van der Waals surface area contributed by atoms with Crippen molar-refractivity contribution in [2.45, 2.75) is 25.9 Å². The van der Waals surface area contributed by atoms with Crippen molar-refractivity contribution in [3.05, 3.63) is 35.9 Å². The highest BCUT2D eigenvalue weighted by Gasteiger charge is 2.13. The molecule has 17 heavy (non-hydrogen) atoms. The van der Waals surface area contributed by atoms with E-state index in [2.05, 4.69) is 36.1 Å². The maximum absolute atomic E-state index is 5.59. The molecule has 0 saturated carbocycles. The summed E-state index contributed by atoms with van der Waals surface area (Å²) < 4.78 is 5.23. The molecule has 0 aliphatic carbocycles. The number of nitrogens with two attached hydrogens (primary N) is 1. The molecule has 0 amide bonds. The fourth-order valence-electron chi connectivity index (χ4n) is 1.91. The molecule has 0 bridgehead atoms. The van der Waals surface area contributed by atoms with Gasteiger partial charge in [-0.25, -0.2) is 0 Å². The van der Waals surface area contributed by atoms with Crippen LogP contribution in [0.2, 0.25) is 0 Å². The number of hydrogen-bond donors (Lipinski definition) is 1. The predicted octanol–water partition coefficient (Wildman–Crippen LogP) is 1.87. The molecule has 1 aromatic carbocycles. The lowest BCUT2D eigenvalue weighted by atomic mass is 10.1. The highest BCUT2D eigenvalue weighted by Crippen LogP contribution is 2.09. The summed E-state index contributed by atoms with van der Waals surface area (Å²) in [6.07, 6.45) is 1.03. The second-order valence-corrected chi connectivity index (χ2v) is 4.40. The molecule has 0 aliphatic heterocycles. The number of rotatable bonds is 8. The Labute approximate surface area is 105 Å². The van der Waals surface area contributed by atoms with Gasteiger partial charge in [0.15, 0.2) is 0 Å². The average molecular weight is 236 g/mol. The largest absolute Gasteiger partial charge is 0.383 e. The molecule has 3 heteroatoms. The lowest BCUT2D eigenvalue weighted by molar-refractivity contribution is 0.0940. The molecular weight excluding hydrogens is 212 g/mol. The number of ether oxygens (including phenoxy) is 1. The van der Waals surface area contributed by atoms with Crippen LogP contribution in [0.25, 0.3) is 0 Å². The van der Waals surface area contributed by atoms with E-state index in [9.17, 15) is 0 Å². The van der Waals surface area contributed by atoms with Crippen LogP contribution >= 0.6 is 0 Å². The molecule has 2 N–H and O–H groups in total. The van der Waals surface area contributed by atoms with Crippen molar-refractivity contribution in [3.8, 4) is 0 Å². The summed E-state index contributed by atoms with van der Waals surface area (Å²) in [7, 11) is 1.75. The molecule has 3 nitrogen and oxygen atoms in total. The molecule has 1 aromatic rings. The molecule has 1 unspecified atom stereocenters. The van der Waals surface area contributed by atoms with Gasteiger partial charge in [0.25, 0.3) is 0 Å². The summed E-state index contributed by atoms with van der Waals surface area (Å²) >= 11 is 0. The van der Waals surface area contributed by atoms with E-state index < -0.39 is 0 Å². The fraction of sp³-hybridized carbons (Fsp3) is 0.571. The van der Waals surface area contributed by atoms with Gasteiger partial charge in [-0.3, -0.25) is 4.90 Å². The van der Waals surface area contributed by atoms with Gasteiger partial charge in [-0.2, -0.15) is 0 Å². The molecule has 96 valence electrons. The van der Waals surface area contributed by atoms with Crippen molar-refractivity contribution in [1.29, 1.82) is 0 Å². The third-order valence-electron chi connectivity index (χ3n) is 2.91. The molecule has 0 aromatic heterocycles. The zero-order valence-electron chi connectivity index (χ0n) is 10.9. The van der Waals surface area contributed by atoms with E-state index >= 15 is 0 Å². The van der Waals surface area contributed by atoms with Gasteiger partial charge in [-0.1, -0.05) is 30.3 Å². The van der Waals surface area contributed by atoms with E-state index in [0.717, 1.165) is 32.7 Å². The standard InChI is InChI=1S/C14H24N2O/c1-13(12-17-2)16(10-6-9-15)11-14-7-4-3-5-8-14/h3-5,7-8,13H,6,9-12,15H2,1-2H3. The normalized spacial score (nSPS) is 12.9. The Morgan fingerprint density at radius 2 is 2.00 bits per heavy atom. The van der Waals surface area contributed by atoms with E-state index in [-0.39, 0.29) is 0 Å². The van der Waals surface area contributed by atoms with Gasteiger partial charge in [0.2, 0.25) is 0 Å². The van der Waals surface area contributed by atoms with Crippen molar-refractivity contribution < 1.29 is 4.74 Å². The zero-order chi connectivity index (χ0) is 12.5. The fourth-order valence-corrected chi connectivity index (χ4v) is 1.91. The van der Waals surface area contributed by atoms with Crippen molar-refractivity contribution in [3.63, 3.8) is 0 Å². The molecule has 1 rings (SSSR count). The van der Waals surface area contributed by atoms with Gasteiger partial charge in [0, 0.05) is 26.2 Å². The van der Waals surface area contributed by atoms with Crippen LogP contribution in [0.5, 0.6) is 0 Å². The van der Waals surface area contributed by atoms with E-state index in [1.165, 1.54) is 5.56 Å². The van der Waals surface area contributed by atoms with Crippen LogP contribution in [0.3, 0.4) is 0 Å². The summed E-state index contributed by atoms with van der Waals surface area (Å²) in [5.41, 5.74) is 6.93. The smallest absolute Gasteiger partial charge is 0.0615 e. The molecule has 0 heterocycles. The van der Waals surface area contributed by atoms with Crippen LogP contribution in [0.15, 0.2) is 30.3 Å². The van der Waals surface area contributed by atoms with Crippen LogP contribution in [0, 0.1) is 0 Å². The monoisotopic (exact) mass is 236 g/mol. The Morgan fingerprint density at radius 1 is 1.29 bits per heavy atom. The van der Waals surface area contributed by atoms with E-state index in [4.69, 9.17) is 10.5 Å². The average Bonchev–Trinajstić information content (AvgIpc) is 2.36. The highest BCUT2D eigenvalue weighted by molar-refractivity contribution is 5.14. The quantitative estimate of drug-likeness (QED) is 0.749. The Hall–Kier alpha value is -0.900. The number of hydrogen-bond acceptors (Lipinski definition) is 3. The van der Waals surface area contributed by atoms with Crippen molar-refractivity contribution in [2.75, 3.05) is 26.8 Å².